The number of amides is 1. The maximum atomic E-state index is 12.1. The molecule has 0 fully saturated rings. The number of carbonyl (C=O) groups is 1. The van der Waals surface area contributed by atoms with Gasteiger partial charge in [0.25, 0.3) is 5.91 Å². The van der Waals surface area contributed by atoms with Crippen LogP contribution in [0, 0.1) is 0 Å². The van der Waals surface area contributed by atoms with Gasteiger partial charge in [-0.3, -0.25) is 14.5 Å². The van der Waals surface area contributed by atoms with Crippen molar-refractivity contribution in [1.82, 2.24) is 20.1 Å². The van der Waals surface area contributed by atoms with Gasteiger partial charge in [-0.2, -0.15) is 5.10 Å². The Kier molecular flexibility index (Phi) is 3.96. The van der Waals surface area contributed by atoms with Crippen LogP contribution < -0.4 is 5.32 Å². The first-order valence-corrected chi connectivity index (χ1v) is 7.00. The number of carbonyl (C=O) groups excluding carboxylic acids is 1. The number of aryl methyl sites for hydroxylation is 1. The van der Waals surface area contributed by atoms with E-state index in [1.807, 2.05) is 43.6 Å². The van der Waals surface area contributed by atoms with Crippen LogP contribution in [0.25, 0.3) is 11.3 Å². The zero-order chi connectivity index (χ0) is 15.4. The molecule has 110 valence electrons. The summed E-state index contributed by atoms with van der Waals surface area (Å²) in [4.78, 5) is 16.5. The monoisotopic (exact) mass is 292 g/mol. The quantitative estimate of drug-likeness (QED) is 0.803. The molecule has 0 spiro atoms. The Morgan fingerprint density at radius 1 is 1.18 bits per heavy atom. The lowest BCUT2D eigenvalue weighted by Crippen LogP contribution is -2.23. The van der Waals surface area contributed by atoms with Crippen molar-refractivity contribution in [3.63, 3.8) is 0 Å². The van der Waals surface area contributed by atoms with Gasteiger partial charge in [0.1, 0.15) is 0 Å². The standard InChI is InChI=1S/C17H16N4O/c1-21-12-15(11-20-21)16-14(8-5-9-18-16)10-19-17(22)13-6-3-2-4-7-13/h2-9,11-12H,10H2,1H3,(H,19,22). The van der Waals surface area contributed by atoms with Crippen molar-refractivity contribution in [2.75, 3.05) is 0 Å². The van der Waals surface area contributed by atoms with Gasteiger partial charge >= 0.3 is 0 Å². The lowest BCUT2D eigenvalue weighted by molar-refractivity contribution is 0.0951. The van der Waals surface area contributed by atoms with Crippen LogP contribution in [-0.4, -0.2) is 20.7 Å². The van der Waals surface area contributed by atoms with Crippen molar-refractivity contribution < 1.29 is 4.79 Å². The second kappa shape index (κ2) is 6.22. The molecule has 0 aliphatic carbocycles. The summed E-state index contributed by atoms with van der Waals surface area (Å²) in [6.07, 6.45) is 5.42. The summed E-state index contributed by atoms with van der Waals surface area (Å²) in [6.45, 7) is 0.422. The van der Waals surface area contributed by atoms with Crippen LogP contribution in [0.2, 0.25) is 0 Å². The van der Waals surface area contributed by atoms with Crippen molar-refractivity contribution in [3.8, 4) is 11.3 Å². The minimum atomic E-state index is -0.0958. The molecule has 0 aliphatic heterocycles. The highest BCUT2D eigenvalue weighted by Crippen LogP contribution is 2.20. The van der Waals surface area contributed by atoms with E-state index < -0.39 is 0 Å². The van der Waals surface area contributed by atoms with E-state index >= 15 is 0 Å². The van der Waals surface area contributed by atoms with E-state index in [2.05, 4.69) is 15.4 Å². The number of rotatable bonds is 4. The summed E-state index contributed by atoms with van der Waals surface area (Å²) < 4.78 is 1.73. The van der Waals surface area contributed by atoms with Gasteiger partial charge in [0.15, 0.2) is 0 Å². The molecule has 1 amide bonds. The Labute approximate surface area is 128 Å². The molecule has 0 saturated carbocycles. The summed E-state index contributed by atoms with van der Waals surface area (Å²) in [6, 6.07) is 13.0. The number of aromatic nitrogens is 3. The maximum absolute atomic E-state index is 12.1. The van der Waals surface area contributed by atoms with Gasteiger partial charge in [-0.25, -0.2) is 0 Å². The summed E-state index contributed by atoms with van der Waals surface area (Å²) in [5.41, 5.74) is 3.38. The molecule has 2 aromatic heterocycles. The highest BCUT2D eigenvalue weighted by atomic mass is 16.1. The van der Waals surface area contributed by atoms with Gasteiger partial charge in [0.05, 0.1) is 11.9 Å². The fourth-order valence-corrected chi connectivity index (χ4v) is 2.25. The fraction of sp³-hybridized carbons (Fsp3) is 0.118. The fourth-order valence-electron chi connectivity index (χ4n) is 2.25. The molecule has 3 aromatic rings. The molecule has 0 saturated heterocycles. The first-order valence-electron chi connectivity index (χ1n) is 7.00. The zero-order valence-corrected chi connectivity index (χ0v) is 12.2. The highest BCUT2D eigenvalue weighted by Gasteiger charge is 2.10. The number of pyridine rings is 1. The molecular weight excluding hydrogens is 276 g/mol. The van der Waals surface area contributed by atoms with Crippen LogP contribution in [0.4, 0.5) is 0 Å². The molecule has 3 rings (SSSR count). The van der Waals surface area contributed by atoms with Crippen molar-refractivity contribution in [2.24, 2.45) is 7.05 Å². The SMILES string of the molecule is Cn1cc(-c2ncccc2CNC(=O)c2ccccc2)cn1. The number of hydrogen-bond acceptors (Lipinski definition) is 3. The van der Waals surface area contributed by atoms with Gasteiger partial charge < -0.3 is 5.32 Å². The number of nitrogens with zero attached hydrogens (tertiary/aromatic N) is 3. The van der Waals surface area contributed by atoms with Crippen LogP contribution in [-0.2, 0) is 13.6 Å². The zero-order valence-electron chi connectivity index (χ0n) is 12.2. The van der Waals surface area contributed by atoms with Crippen LogP contribution >= 0.6 is 0 Å². The van der Waals surface area contributed by atoms with Crippen molar-refractivity contribution in [1.29, 1.82) is 0 Å². The Bertz CT molecular complexity index is 780. The van der Waals surface area contributed by atoms with Crippen LogP contribution in [0.5, 0.6) is 0 Å². The van der Waals surface area contributed by atoms with E-state index in [-0.39, 0.29) is 5.91 Å². The van der Waals surface area contributed by atoms with E-state index in [9.17, 15) is 4.79 Å². The minimum absolute atomic E-state index is 0.0958. The average Bonchev–Trinajstić information content (AvgIpc) is 3.00. The van der Waals surface area contributed by atoms with Crippen molar-refractivity contribution >= 4 is 5.91 Å². The summed E-state index contributed by atoms with van der Waals surface area (Å²) in [5, 5.41) is 7.09. The third kappa shape index (κ3) is 3.03. The van der Waals surface area contributed by atoms with E-state index in [0.29, 0.717) is 12.1 Å². The Morgan fingerprint density at radius 3 is 2.73 bits per heavy atom. The molecule has 0 atom stereocenters. The van der Waals surface area contributed by atoms with Gasteiger partial charge in [-0.05, 0) is 23.8 Å². The normalized spacial score (nSPS) is 10.4. The van der Waals surface area contributed by atoms with E-state index in [1.165, 1.54) is 0 Å². The average molecular weight is 292 g/mol. The topological polar surface area (TPSA) is 59.8 Å². The van der Waals surface area contributed by atoms with Crippen molar-refractivity contribution in [3.05, 3.63) is 72.2 Å². The number of hydrogen-bond donors (Lipinski definition) is 1. The van der Waals surface area contributed by atoms with Gasteiger partial charge in [0.2, 0.25) is 0 Å². The number of nitrogens with one attached hydrogen (secondary N) is 1. The summed E-state index contributed by atoms with van der Waals surface area (Å²) in [5.74, 6) is -0.0958. The highest BCUT2D eigenvalue weighted by molar-refractivity contribution is 5.94. The van der Waals surface area contributed by atoms with Gasteiger partial charge in [-0.15, -0.1) is 0 Å². The lowest BCUT2D eigenvalue weighted by Gasteiger charge is -2.08. The van der Waals surface area contributed by atoms with Crippen LogP contribution in [0.15, 0.2) is 61.1 Å². The van der Waals surface area contributed by atoms with Crippen LogP contribution in [0.1, 0.15) is 15.9 Å². The first kappa shape index (κ1) is 14.0. The maximum Gasteiger partial charge on any atom is 0.251 e. The molecule has 0 unspecified atom stereocenters. The van der Waals surface area contributed by atoms with E-state index in [0.717, 1.165) is 16.8 Å². The van der Waals surface area contributed by atoms with E-state index in [1.54, 1.807) is 29.2 Å². The predicted octanol–water partition coefficient (Wildman–Crippen LogP) is 2.41. The molecule has 22 heavy (non-hydrogen) atoms. The molecule has 2 heterocycles. The largest absolute Gasteiger partial charge is 0.348 e. The smallest absolute Gasteiger partial charge is 0.251 e. The second-order valence-electron chi connectivity index (χ2n) is 4.96. The summed E-state index contributed by atoms with van der Waals surface area (Å²) >= 11 is 0. The molecule has 0 bridgehead atoms. The van der Waals surface area contributed by atoms with Crippen molar-refractivity contribution in [2.45, 2.75) is 6.54 Å². The third-order valence-electron chi connectivity index (χ3n) is 3.34. The first-order chi connectivity index (χ1) is 10.7. The molecule has 0 aliphatic rings. The molecule has 5 nitrogen and oxygen atoms in total. The van der Waals surface area contributed by atoms with Gasteiger partial charge in [0, 0.05) is 37.1 Å². The number of benzene rings is 1. The Balaban J connectivity index is 1.77. The predicted molar refractivity (Wildman–Crippen MR) is 84.1 cm³/mol. The summed E-state index contributed by atoms with van der Waals surface area (Å²) in [7, 11) is 1.86. The lowest BCUT2D eigenvalue weighted by atomic mass is 10.1. The minimum Gasteiger partial charge on any atom is -0.348 e. The Morgan fingerprint density at radius 2 is 2.00 bits per heavy atom. The van der Waals surface area contributed by atoms with Crippen LogP contribution in [0.3, 0.4) is 0 Å². The third-order valence-corrected chi connectivity index (χ3v) is 3.34. The molecule has 1 aromatic carbocycles. The second-order valence-corrected chi connectivity index (χ2v) is 4.96. The molecule has 0 radical (unpaired) electrons. The molecular formula is C17H16N4O. The Hall–Kier alpha value is -2.95. The molecule has 1 N–H and O–H groups in total. The molecule has 5 heteroatoms. The van der Waals surface area contributed by atoms with E-state index in [4.69, 9.17) is 0 Å². The van der Waals surface area contributed by atoms with Gasteiger partial charge in [-0.1, -0.05) is 24.3 Å².